The standard InChI is InChI=1S/C10H22O2/c1-5-6-10(3,4)9(2)12-8-7-11/h9,11H,5-8H2,1-4H3. The Kier molecular flexibility index (Phi) is 5.51. The molecule has 1 atom stereocenters. The van der Waals surface area contributed by atoms with Gasteiger partial charge in [-0.2, -0.15) is 0 Å². The first kappa shape index (κ1) is 11.9. The zero-order valence-corrected chi connectivity index (χ0v) is 8.76. The summed E-state index contributed by atoms with van der Waals surface area (Å²) in [5, 5.41) is 8.59. The van der Waals surface area contributed by atoms with E-state index in [2.05, 4.69) is 27.7 Å². The van der Waals surface area contributed by atoms with Crippen LogP contribution in [0.2, 0.25) is 0 Å². The molecule has 0 aromatic heterocycles. The van der Waals surface area contributed by atoms with E-state index in [1.165, 1.54) is 12.8 Å². The summed E-state index contributed by atoms with van der Waals surface area (Å²) in [6.45, 7) is 9.24. The Hall–Kier alpha value is -0.0800. The summed E-state index contributed by atoms with van der Waals surface area (Å²) in [7, 11) is 0. The van der Waals surface area contributed by atoms with Gasteiger partial charge in [-0.15, -0.1) is 0 Å². The zero-order chi connectivity index (χ0) is 9.61. The number of aliphatic hydroxyl groups is 1. The fourth-order valence-electron chi connectivity index (χ4n) is 1.30. The fraction of sp³-hybridized carbons (Fsp3) is 1.00. The van der Waals surface area contributed by atoms with Crippen molar-refractivity contribution in [2.45, 2.75) is 46.6 Å². The second-order valence-corrected chi connectivity index (χ2v) is 3.98. The lowest BCUT2D eigenvalue weighted by atomic mass is 9.83. The first-order valence-corrected chi connectivity index (χ1v) is 4.77. The largest absolute Gasteiger partial charge is 0.394 e. The lowest BCUT2D eigenvalue weighted by molar-refractivity contribution is -0.0303. The van der Waals surface area contributed by atoms with Gasteiger partial charge in [-0.05, 0) is 18.8 Å². The topological polar surface area (TPSA) is 29.5 Å². The van der Waals surface area contributed by atoms with Gasteiger partial charge < -0.3 is 9.84 Å². The van der Waals surface area contributed by atoms with Crippen LogP contribution in [0.25, 0.3) is 0 Å². The normalized spacial score (nSPS) is 14.8. The summed E-state index contributed by atoms with van der Waals surface area (Å²) in [5.41, 5.74) is 0.226. The molecular weight excluding hydrogens is 152 g/mol. The molecule has 0 aliphatic carbocycles. The molecule has 0 bridgehead atoms. The molecule has 0 aromatic rings. The minimum atomic E-state index is 0.118. The maximum Gasteiger partial charge on any atom is 0.0701 e. The Morgan fingerprint density at radius 1 is 1.42 bits per heavy atom. The van der Waals surface area contributed by atoms with Gasteiger partial charge in [-0.25, -0.2) is 0 Å². The molecule has 74 valence electrons. The minimum Gasteiger partial charge on any atom is -0.394 e. The first-order valence-electron chi connectivity index (χ1n) is 4.77. The average molecular weight is 174 g/mol. The third-order valence-electron chi connectivity index (χ3n) is 2.45. The van der Waals surface area contributed by atoms with Crippen molar-refractivity contribution < 1.29 is 9.84 Å². The molecule has 0 aromatic carbocycles. The summed E-state index contributed by atoms with van der Waals surface area (Å²) in [5.74, 6) is 0. The van der Waals surface area contributed by atoms with Crippen LogP contribution < -0.4 is 0 Å². The fourth-order valence-corrected chi connectivity index (χ4v) is 1.30. The van der Waals surface area contributed by atoms with E-state index in [0.717, 1.165) is 0 Å². The van der Waals surface area contributed by atoms with Crippen molar-refractivity contribution in [2.75, 3.05) is 13.2 Å². The highest BCUT2D eigenvalue weighted by atomic mass is 16.5. The van der Waals surface area contributed by atoms with E-state index < -0.39 is 0 Å². The summed E-state index contributed by atoms with van der Waals surface area (Å²) >= 11 is 0. The van der Waals surface area contributed by atoms with Gasteiger partial charge in [0, 0.05) is 0 Å². The Bertz CT molecular complexity index is 110. The van der Waals surface area contributed by atoms with Crippen molar-refractivity contribution in [1.29, 1.82) is 0 Å². The zero-order valence-electron chi connectivity index (χ0n) is 8.76. The van der Waals surface area contributed by atoms with E-state index >= 15 is 0 Å². The van der Waals surface area contributed by atoms with Crippen molar-refractivity contribution in [3.63, 3.8) is 0 Å². The number of aliphatic hydroxyl groups excluding tert-OH is 1. The summed E-state index contributed by atoms with van der Waals surface area (Å²) in [6, 6.07) is 0. The van der Waals surface area contributed by atoms with Crippen LogP contribution in [0.3, 0.4) is 0 Å². The third kappa shape index (κ3) is 4.07. The van der Waals surface area contributed by atoms with Crippen LogP contribution in [0.1, 0.15) is 40.5 Å². The van der Waals surface area contributed by atoms with Crippen LogP contribution >= 0.6 is 0 Å². The third-order valence-corrected chi connectivity index (χ3v) is 2.45. The number of hydrogen-bond donors (Lipinski definition) is 1. The maximum absolute atomic E-state index is 8.59. The van der Waals surface area contributed by atoms with Crippen LogP contribution in [0, 0.1) is 5.41 Å². The minimum absolute atomic E-state index is 0.118. The van der Waals surface area contributed by atoms with Gasteiger partial charge in [0.15, 0.2) is 0 Å². The molecule has 1 N–H and O–H groups in total. The van der Waals surface area contributed by atoms with Crippen molar-refractivity contribution >= 4 is 0 Å². The monoisotopic (exact) mass is 174 g/mol. The molecule has 0 aliphatic heterocycles. The quantitative estimate of drug-likeness (QED) is 0.669. The molecule has 0 fully saturated rings. The van der Waals surface area contributed by atoms with E-state index in [1.54, 1.807) is 0 Å². The Balaban J connectivity index is 3.79. The van der Waals surface area contributed by atoms with E-state index in [-0.39, 0.29) is 18.1 Å². The van der Waals surface area contributed by atoms with Crippen LogP contribution in [-0.2, 0) is 4.74 Å². The Labute approximate surface area is 75.9 Å². The van der Waals surface area contributed by atoms with Crippen molar-refractivity contribution in [2.24, 2.45) is 5.41 Å². The smallest absolute Gasteiger partial charge is 0.0701 e. The van der Waals surface area contributed by atoms with Crippen LogP contribution in [-0.4, -0.2) is 24.4 Å². The molecule has 0 heterocycles. The van der Waals surface area contributed by atoms with Gasteiger partial charge in [0.2, 0.25) is 0 Å². The SMILES string of the molecule is CCCC(C)(C)C(C)OCCO. The van der Waals surface area contributed by atoms with E-state index in [4.69, 9.17) is 9.84 Å². The molecule has 2 heteroatoms. The molecule has 2 nitrogen and oxygen atoms in total. The molecule has 0 amide bonds. The first-order chi connectivity index (χ1) is 5.54. The average Bonchev–Trinajstić information content (AvgIpc) is 2.00. The van der Waals surface area contributed by atoms with Crippen molar-refractivity contribution in [1.82, 2.24) is 0 Å². The molecular formula is C10H22O2. The van der Waals surface area contributed by atoms with E-state index in [1.807, 2.05) is 0 Å². The predicted octanol–water partition coefficient (Wildman–Crippen LogP) is 2.21. The lowest BCUT2D eigenvalue weighted by Crippen LogP contribution is -2.30. The van der Waals surface area contributed by atoms with Gasteiger partial charge in [0.05, 0.1) is 19.3 Å². The van der Waals surface area contributed by atoms with Crippen LogP contribution in [0.5, 0.6) is 0 Å². The van der Waals surface area contributed by atoms with Crippen molar-refractivity contribution in [3.8, 4) is 0 Å². The molecule has 0 radical (unpaired) electrons. The second kappa shape index (κ2) is 5.55. The van der Waals surface area contributed by atoms with Gasteiger partial charge in [0.25, 0.3) is 0 Å². The van der Waals surface area contributed by atoms with Gasteiger partial charge in [-0.3, -0.25) is 0 Å². The van der Waals surface area contributed by atoms with Crippen LogP contribution in [0.15, 0.2) is 0 Å². The molecule has 12 heavy (non-hydrogen) atoms. The highest BCUT2D eigenvalue weighted by molar-refractivity contribution is 4.75. The predicted molar refractivity (Wildman–Crippen MR) is 51.2 cm³/mol. The van der Waals surface area contributed by atoms with E-state index in [9.17, 15) is 0 Å². The Morgan fingerprint density at radius 3 is 2.42 bits per heavy atom. The van der Waals surface area contributed by atoms with Gasteiger partial charge in [0.1, 0.15) is 0 Å². The number of rotatable bonds is 6. The summed E-state index contributed by atoms with van der Waals surface area (Å²) < 4.78 is 5.46. The number of hydrogen-bond acceptors (Lipinski definition) is 2. The summed E-state index contributed by atoms with van der Waals surface area (Å²) in [4.78, 5) is 0. The second-order valence-electron chi connectivity index (χ2n) is 3.98. The lowest BCUT2D eigenvalue weighted by Gasteiger charge is -2.31. The van der Waals surface area contributed by atoms with Gasteiger partial charge in [-0.1, -0.05) is 27.2 Å². The highest BCUT2D eigenvalue weighted by Crippen LogP contribution is 2.28. The van der Waals surface area contributed by atoms with Crippen molar-refractivity contribution in [3.05, 3.63) is 0 Å². The highest BCUT2D eigenvalue weighted by Gasteiger charge is 2.24. The molecule has 0 saturated heterocycles. The summed E-state index contributed by atoms with van der Waals surface area (Å²) in [6.07, 6.45) is 2.57. The molecule has 0 rings (SSSR count). The molecule has 0 saturated carbocycles. The maximum atomic E-state index is 8.59. The molecule has 1 unspecified atom stereocenters. The molecule has 0 aliphatic rings. The molecule has 0 spiro atoms. The van der Waals surface area contributed by atoms with Gasteiger partial charge >= 0.3 is 0 Å². The number of ether oxygens (including phenoxy) is 1. The van der Waals surface area contributed by atoms with Crippen LogP contribution in [0.4, 0.5) is 0 Å². The Morgan fingerprint density at radius 2 is 2.00 bits per heavy atom. The van der Waals surface area contributed by atoms with E-state index in [0.29, 0.717) is 6.61 Å².